The van der Waals surface area contributed by atoms with Gasteiger partial charge in [-0.3, -0.25) is 9.79 Å². The molecule has 2 aliphatic rings. The van der Waals surface area contributed by atoms with Crippen molar-refractivity contribution in [3.63, 3.8) is 0 Å². The van der Waals surface area contributed by atoms with Crippen molar-refractivity contribution in [3.05, 3.63) is 40.2 Å². The summed E-state index contributed by atoms with van der Waals surface area (Å²) >= 11 is 2.53. The zero-order valence-electron chi connectivity index (χ0n) is 15.4. The summed E-state index contributed by atoms with van der Waals surface area (Å²) in [5.74, 6) is -0.569. The lowest BCUT2D eigenvalue weighted by atomic mass is 10.1. The SMILES string of the molecule is O=C1NC(=NCC2(CO)CC2)S/C1=C\c1csc(-c2ccc(OC(F)(F)F)cc2)n1. The van der Waals surface area contributed by atoms with Gasteiger partial charge in [-0.05, 0) is 54.9 Å². The van der Waals surface area contributed by atoms with Crippen LogP contribution in [0.25, 0.3) is 16.6 Å². The number of rotatable bonds is 6. The van der Waals surface area contributed by atoms with Crippen LogP contribution in [0.2, 0.25) is 0 Å². The van der Waals surface area contributed by atoms with Gasteiger partial charge >= 0.3 is 6.36 Å². The Kier molecular flexibility index (Phi) is 5.60. The maximum absolute atomic E-state index is 12.3. The number of thioether (sulfide) groups is 1. The predicted molar refractivity (Wildman–Crippen MR) is 109 cm³/mol. The molecule has 1 aromatic heterocycles. The molecule has 0 radical (unpaired) electrons. The van der Waals surface area contributed by atoms with Crippen LogP contribution in [0.1, 0.15) is 18.5 Å². The zero-order valence-corrected chi connectivity index (χ0v) is 17.0. The summed E-state index contributed by atoms with van der Waals surface area (Å²) < 4.78 is 40.6. The normalized spacial score (nSPS) is 20.6. The van der Waals surface area contributed by atoms with Gasteiger partial charge in [0.15, 0.2) is 5.17 Å². The first-order valence-electron chi connectivity index (χ1n) is 8.93. The quantitative estimate of drug-likeness (QED) is 0.643. The number of amidine groups is 1. The number of ether oxygens (including phenoxy) is 1. The van der Waals surface area contributed by atoms with Gasteiger partial charge in [0.05, 0.1) is 17.2 Å². The molecule has 0 spiro atoms. The van der Waals surface area contributed by atoms with Crippen LogP contribution in [-0.2, 0) is 4.79 Å². The Hall–Kier alpha value is -2.37. The van der Waals surface area contributed by atoms with Crippen molar-refractivity contribution in [2.75, 3.05) is 13.2 Å². The molecule has 4 rings (SSSR count). The van der Waals surface area contributed by atoms with Crippen molar-refractivity contribution < 1.29 is 27.8 Å². The van der Waals surface area contributed by atoms with Gasteiger partial charge in [-0.25, -0.2) is 4.98 Å². The van der Waals surface area contributed by atoms with Crippen molar-refractivity contribution in [2.45, 2.75) is 19.2 Å². The molecule has 1 aromatic carbocycles. The summed E-state index contributed by atoms with van der Waals surface area (Å²) in [5, 5.41) is 14.9. The lowest BCUT2D eigenvalue weighted by molar-refractivity contribution is -0.274. The Balaban J connectivity index is 1.43. The van der Waals surface area contributed by atoms with E-state index < -0.39 is 6.36 Å². The van der Waals surface area contributed by atoms with Gasteiger partial charge in [0.25, 0.3) is 5.91 Å². The van der Waals surface area contributed by atoms with Crippen molar-refractivity contribution >= 4 is 40.2 Å². The maximum Gasteiger partial charge on any atom is 0.573 e. The number of hydrogen-bond acceptors (Lipinski definition) is 7. The third-order valence-electron chi connectivity index (χ3n) is 4.64. The number of aliphatic hydroxyl groups excluding tert-OH is 1. The smallest absolute Gasteiger partial charge is 0.406 e. The first-order chi connectivity index (χ1) is 14.3. The van der Waals surface area contributed by atoms with E-state index in [0.717, 1.165) is 12.8 Å². The van der Waals surface area contributed by atoms with Crippen molar-refractivity contribution in [3.8, 4) is 16.3 Å². The maximum atomic E-state index is 12.3. The fraction of sp³-hybridized carbons (Fsp3) is 0.316. The molecule has 0 unspecified atom stereocenters. The van der Waals surface area contributed by atoms with Crippen LogP contribution in [0.15, 0.2) is 39.5 Å². The van der Waals surface area contributed by atoms with Crippen LogP contribution in [-0.4, -0.2) is 40.7 Å². The molecule has 2 N–H and O–H groups in total. The number of nitrogens with one attached hydrogen (secondary N) is 1. The van der Waals surface area contributed by atoms with Crippen molar-refractivity contribution in [1.29, 1.82) is 0 Å². The molecule has 11 heteroatoms. The first-order valence-corrected chi connectivity index (χ1v) is 10.6. The minimum absolute atomic E-state index is 0.0933. The number of nitrogens with zero attached hydrogens (tertiary/aromatic N) is 2. The fourth-order valence-corrected chi connectivity index (χ4v) is 4.29. The number of alkyl halides is 3. The molecule has 0 atom stereocenters. The minimum atomic E-state index is -4.74. The Bertz CT molecular complexity index is 1010. The highest BCUT2D eigenvalue weighted by atomic mass is 32.2. The molecule has 158 valence electrons. The number of amides is 1. The number of aliphatic hydroxyl groups is 1. The predicted octanol–water partition coefficient (Wildman–Crippen LogP) is 4.04. The standard InChI is InChI=1S/C19H16F3N3O3S2/c20-19(21,22)28-13-3-1-11(2-4-13)16-24-12(8-29-16)7-14-15(27)25-17(30-14)23-9-18(10-26)5-6-18/h1-4,7-8,26H,5-6,9-10H2,(H,23,25,27)/b14-7-. The summed E-state index contributed by atoms with van der Waals surface area (Å²) in [6, 6.07) is 5.44. The average Bonchev–Trinajstić information content (AvgIpc) is 3.19. The van der Waals surface area contributed by atoms with Gasteiger partial charge in [-0.15, -0.1) is 24.5 Å². The van der Waals surface area contributed by atoms with E-state index >= 15 is 0 Å². The van der Waals surface area contributed by atoms with E-state index in [-0.39, 0.29) is 23.7 Å². The highest BCUT2D eigenvalue weighted by Gasteiger charge is 2.42. The number of hydrogen-bond donors (Lipinski definition) is 2. The molecule has 1 aliphatic carbocycles. The molecule has 1 aliphatic heterocycles. The number of benzene rings is 1. The Morgan fingerprint density at radius 2 is 2.03 bits per heavy atom. The summed E-state index contributed by atoms with van der Waals surface area (Å²) in [5.41, 5.74) is 1.08. The molecule has 1 saturated carbocycles. The van der Waals surface area contributed by atoms with Gasteiger partial charge in [0.2, 0.25) is 0 Å². The van der Waals surface area contributed by atoms with Gasteiger partial charge in [-0.1, -0.05) is 0 Å². The number of aromatic nitrogens is 1. The second-order valence-corrected chi connectivity index (χ2v) is 8.88. The van der Waals surface area contributed by atoms with E-state index in [0.29, 0.717) is 32.9 Å². The van der Waals surface area contributed by atoms with Crippen LogP contribution in [0.4, 0.5) is 13.2 Å². The number of carbonyl (C=O) groups excluding carboxylic acids is 1. The van der Waals surface area contributed by atoms with Crippen LogP contribution in [0.3, 0.4) is 0 Å². The van der Waals surface area contributed by atoms with Crippen LogP contribution < -0.4 is 10.1 Å². The summed E-state index contributed by atoms with van der Waals surface area (Å²) in [4.78, 5) is 21.4. The summed E-state index contributed by atoms with van der Waals surface area (Å²) in [6.07, 6.45) is -1.22. The zero-order chi connectivity index (χ0) is 21.4. The van der Waals surface area contributed by atoms with E-state index in [9.17, 15) is 23.1 Å². The second kappa shape index (κ2) is 8.05. The number of halogens is 3. The number of carbonyl (C=O) groups is 1. The number of aliphatic imine (C=N–C) groups is 1. The Morgan fingerprint density at radius 3 is 2.67 bits per heavy atom. The van der Waals surface area contributed by atoms with Crippen LogP contribution in [0.5, 0.6) is 5.75 Å². The van der Waals surface area contributed by atoms with Gasteiger partial charge < -0.3 is 15.2 Å². The highest BCUT2D eigenvalue weighted by Crippen LogP contribution is 2.45. The molecule has 6 nitrogen and oxygen atoms in total. The second-order valence-electron chi connectivity index (χ2n) is 6.99. The molecule has 2 heterocycles. The minimum Gasteiger partial charge on any atom is -0.406 e. The van der Waals surface area contributed by atoms with Crippen molar-refractivity contribution in [2.24, 2.45) is 10.4 Å². The van der Waals surface area contributed by atoms with Crippen LogP contribution in [0, 0.1) is 5.41 Å². The van der Waals surface area contributed by atoms with E-state index in [1.165, 1.54) is 47.4 Å². The highest BCUT2D eigenvalue weighted by molar-refractivity contribution is 8.18. The Labute approximate surface area is 177 Å². The lowest BCUT2D eigenvalue weighted by Crippen LogP contribution is -2.21. The van der Waals surface area contributed by atoms with E-state index in [1.54, 1.807) is 11.5 Å². The summed E-state index contributed by atoms with van der Waals surface area (Å²) in [6.45, 7) is 0.574. The van der Waals surface area contributed by atoms with Crippen molar-refractivity contribution in [1.82, 2.24) is 10.3 Å². The fourth-order valence-electron chi connectivity index (χ4n) is 2.70. The molecular weight excluding hydrogens is 439 g/mol. The van der Waals surface area contributed by atoms with Crippen LogP contribution >= 0.6 is 23.1 Å². The molecular formula is C19H16F3N3O3S2. The van der Waals surface area contributed by atoms with Gasteiger partial charge in [0, 0.05) is 22.9 Å². The lowest BCUT2D eigenvalue weighted by Gasteiger charge is -2.08. The monoisotopic (exact) mass is 455 g/mol. The van der Waals surface area contributed by atoms with E-state index in [2.05, 4.69) is 20.0 Å². The topological polar surface area (TPSA) is 83.8 Å². The molecule has 2 aromatic rings. The molecule has 1 saturated heterocycles. The summed E-state index contributed by atoms with van der Waals surface area (Å²) in [7, 11) is 0. The largest absolute Gasteiger partial charge is 0.573 e. The molecule has 0 bridgehead atoms. The molecule has 2 fully saturated rings. The first kappa shape index (κ1) is 20.9. The van der Waals surface area contributed by atoms with Gasteiger partial charge in [0.1, 0.15) is 10.8 Å². The third-order valence-corrected chi connectivity index (χ3v) is 6.49. The Morgan fingerprint density at radius 1 is 1.30 bits per heavy atom. The molecule has 1 amide bonds. The van der Waals surface area contributed by atoms with Gasteiger partial charge in [-0.2, -0.15) is 0 Å². The number of thiazole rings is 1. The van der Waals surface area contributed by atoms with E-state index in [4.69, 9.17) is 0 Å². The molecule has 30 heavy (non-hydrogen) atoms. The third kappa shape index (κ3) is 5.02. The van der Waals surface area contributed by atoms with E-state index in [1.807, 2.05) is 0 Å². The average molecular weight is 455 g/mol.